The molecular weight excluding hydrogens is 463 g/mol. The normalized spacial score (nSPS) is 31.5. The topological polar surface area (TPSA) is 97.5 Å². The molecule has 4 fully saturated rings. The molecule has 4 saturated carbocycles. The van der Waals surface area contributed by atoms with Gasteiger partial charge in [0.05, 0.1) is 6.10 Å². The first-order chi connectivity index (χ1) is 15.6. The van der Waals surface area contributed by atoms with E-state index in [0.717, 1.165) is 18.4 Å². The van der Waals surface area contributed by atoms with Crippen LogP contribution in [0.25, 0.3) is 0 Å². The Morgan fingerprint density at radius 3 is 2.55 bits per heavy atom. The monoisotopic (exact) mass is 485 g/mol. The van der Waals surface area contributed by atoms with Crippen LogP contribution in [0.2, 0.25) is 5.02 Å². The lowest BCUT2D eigenvalue weighted by molar-refractivity contribution is -0.352. The zero-order valence-corrected chi connectivity index (χ0v) is 18.3. The van der Waals surface area contributed by atoms with Crippen molar-refractivity contribution in [3.8, 4) is 0 Å². The Labute approximate surface area is 192 Å². The molecule has 2 bridgehead atoms. The summed E-state index contributed by atoms with van der Waals surface area (Å²) in [7, 11) is 0. The lowest BCUT2D eigenvalue weighted by Gasteiger charge is -2.39. The number of alkyl halides is 3. The van der Waals surface area contributed by atoms with E-state index >= 15 is 0 Å². The van der Waals surface area contributed by atoms with Gasteiger partial charge in [-0.3, -0.25) is 9.53 Å². The molecule has 33 heavy (non-hydrogen) atoms. The number of hydrogen-bond donors (Lipinski definition) is 2. The van der Waals surface area contributed by atoms with Gasteiger partial charge >= 0.3 is 6.36 Å². The van der Waals surface area contributed by atoms with E-state index in [0.29, 0.717) is 23.2 Å². The molecule has 6 rings (SSSR count). The van der Waals surface area contributed by atoms with Gasteiger partial charge in [-0.2, -0.15) is 0 Å². The lowest BCUT2D eigenvalue weighted by Crippen LogP contribution is -2.54. The summed E-state index contributed by atoms with van der Waals surface area (Å²) in [6, 6.07) is 6.97. The molecule has 1 unspecified atom stereocenters. The predicted octanol–water partition coefficient (Wildman–Crippen LogP) is 3.86. The Hall–Kier alpha value is -2.17. The van der Waals surface area contributed by atoms with Gasteiger partial charge in [0.2, 0.25) is 17.7 Å². The van der Waals surface area contributed by atoms with Crippen molar-refractivity contribution in [3.05, 3.63) is 46.6 Å². The van der Waals surface area contributed by atoms with Crippen LogP contribution in [-0.4, -0.2) is 45.3 Å². The van der Waals surface area contributed by atoms with Crippen molar-refractivity contribution >= 4 is 17.5 Å². The number of hydrogen-bond acceptors (Lipinski definition) is 6. The van der Waals surface area contributed by atoms with E-state index in [1.165, 1.54) is 0 Å². The number of aromatic nitrogens is 2. The first-order valence-electron chi connectivity index (χ1n) is 10.9. The minimum atomic E-state index is -4.64. The molecule has 1 aromatic heterocycles. The summed E-state index contributed by atoms with van der Waals surface area (Å²) >= 11 is 5.87. The maximum Gasteiger partial charge on any atom is 0.522 e. The SMILES string of the molecule is O=C(NC12CC(C1)C(c1nnc(C3CC(OC(F)(F)F)C3)o1)C2)[C@@H](O)Cc1ccc(Cl)cc1. The minimum absolute atomic E-state index is 0.0118. The van der Waals surface area contributed by atoms with Crippen LogP contribution < -0.4 is 5.32 Å². The summed E-state index contributed by atoms with van der Waals surface area (Å²) in [5.74, 6) is 0.433. The number of ether oxygens (including phenoxy) is 1. The van der Waals surface area contributed by atoms with Gasteiger partial charge in [0.15, 0.2) is 0 Å². The van der Waals surface area contributed by atoms with E-state index in [1.54, 1.807) is 24.3 Å². The molecule has 2 aromatic rings. The summed E-state index contributed by atoms with van der Waals surface area (Å²) in [5.41, 5.74) is 0.414. The number of carbonyl (C=O) groups is 1. The van der Waals surface area contributed by atoms with E-state index in [2.05, 4.69) is 20.3 Å². The molecule has 0 spiro atoms. The Kier molecular flexibility index (Phi) is 5.65. The van der Waals surface area contributed by atoms with Gasteiger partial charge in [-0.05, 0) is 55.7 Å². The van der Waals surface area contributed by atoms with Crippen molar-refractivity contribution < 1.29 is 32.2 Å². The molecule has 178 valence electrons. The largest absolute Gasteiger partial charge is 0.522 e. The molecule has 2 N–H and O–H groups in total. The van der Waals surface area contributed by atoms with Gasteiger partial charge in [0.1, 0.15) is 6.10 Å². The van der Waals surface area contributed by atoms with E-state index in [4.69, 9.17) is 16.0 Å². The second-order valence-electron chi connectivity index (χ2n) is 9.43. The number of nitrogens with zero attached hydrogens (tertiary/aromatic N) is 2. The zero-order valence-electron chi connectivity index (χ0n) is 17.5. The molecule has 4 aliphatic carbocycles. The highest BCUT2D eigenvalue weighted by Gasteiger charge is 2.59. The maximum absolute atomic E-state index is 12.6. The number of halogens is 4. The van der Waals surface area contributed by atoms with Crippen LogP contribution in [0.3, 0.4) is 0 Å². The summed E-state index contributed by atoms with van der Waals surface area (Å²) in [6.45, 7) is 0. The quantitative estimate of drug-likeness (QED) is 0.618. The van der Waals surface area contributed by atoms with E-state index in [1.807, 2.05) is 0 Å². The summed E-state index contributed by atoms with van der Waals surface area (Å²) in [6.07, 6.45) is -3.94. The second kappa shape index (κ2) is 8.25. The fourth-order valence-corrected chi connectivity index (χ4v) is 5.45. The van der Waals surface area contributed by atoms with E-state index in [-0.39, 0.29) is 37.0 Å². The number of amides is 1. The number of benzene rings is 1. The Morgan fingerprint density at radius 2 is 1.88 bits per heavy atom. The van der Waals surface area contributed by atoms with Crippen LogP contribution in [0.5, 0.6) is 0 Å². The van der Waals surface area contributed by atoms with Gasteiger partial charge in [-0.1, -0.05) is 23.7 Å². The van der Waals surface area contributed by atoms with Gasteiger partial charge in [-0.15, -0.1) is 23.4 Å². The number of carbonyl (C=O) groups excluding carboxylic acids is 1. The van der Waals surface area contributed by atoms with E-state index < -0.39 is 30.0 Å². The van der Waals surface area contributed by atoms with Gasteiger partial charge in [-0.25, -0.2) is 0 Å². The van der Waals surface area contributed by atoms with Crippen molar-refractivity contribution in [3.63, 3.8) is 0 Å². The molecule has 1 amide bonds. The fourth-order valence-electron chi connectivity index (χ4n) is 5.32. The molecule has 1 heterocycles. The van der Waals surface area contributed by atoms with Crippen molar-refractivity contribution in [1.29, 1.82) is 0 Å². The third kappa shape index (κ3) is 4.74. The molecular formula is C22H23ClF3N3O4. The molecule has 4 aliphatic rings. The summed E-state index contributed by atoms with van der Waals surface area (Å²) in [5, 5.41) is 22.1. The van der Waals surface area contributed by atoms with Crippen molar-refractivity contribution in [2.75, 3.05) is 0 Å². The second-order valence-corrected chi connectivity index (χ2v) is 9.86. The fraction of sp³-hybridized carbons (Fsp3) is 0.591. The highest BCUT2D eigenvalue weighted by molar-refractivity contribution is 6.30. The van der Waals surface area contributed by atoms with Crippen LogP contribution in [0.4, 0.5) is 13.2 Å². The Morgan fingerprint density at radius 1 is 1.21 bits per heavy atom. The number of rotatable bonds is 7. The van der Waals surface area contributed by atoms with Crippen LogP contribution >= 0.6 is 11.6 Å². The highest BCUT2D eigenvalue weighted by atomic mass is 35.5. The molecule has 0 radical (unpaired) electrons. The average Bonchev–Trinajstić information content (AvgIpc) is 3.38. The zero-order chi connectivity index (χ0) is 23.4. The number of aliphatic hydroxyl groups excluding tert-OH is 1. The third-order valence-corrected chi connectivity index (χ3v) is 7.29. The van der Waals surface area contributed by atoms with Gasteiger partial charge in [0, 0.05) is 28.8 Å². The molecule has 0 aliphatic heterocycles. The smallest absolute Gasteiger partial charge is 0.425 e. The lowest BCUT2D eigenvalue weighted by atomic mass is 9.76. The molecule has 1 aromatic carbocycles. The van der Waals surface area contributed by atoms with Crippen LogP contribution in [0, 0.1) is 5.92 Å². The van der Waals surface area contributed by atoms with Crippen molar-refractivity contribution in [2.24, 2.45) is 5.92 Å². The highest BCUT2D eigenvalue weighted by Crippen LogP contribution is 2.59. The number of fused-ring (bicyclic) bond motifs is 1. The maximum atomic E-state index is 12.6. The van der Waals surface area contributed by atoms with Gasteiger partial charge < -0.3 is 14.8 Å². The molecule has 11 heteroatoms. The van der Waals surface area contributed by atoms with Crippen molar-refractivity contribution in [1.82, 2.24) is 15.5 Å². The average molecular weight is 486 g/mol. The predicted molar refractivity (Wildman–Crippen MR) is 109 cm³/mol. The van der Waals surface area contributed by atoms with E-state index in [9.17, 15) is 23.1 Å². The third-order valence-electron chi connectivity index (χ3n) is 7.04. The first-order valence-corrected chi connectivity index (χ1v) is 11.3. The Bertz CT molecular complexity index is 1020. The van der Waals surface area contributed by atoms with Gasteiger partial charge in [0.25, 0.3) is 0 Å². The van der Waals surface area contributed by atoms with Crippen molar-refractivity contribution in [2.45, 2.75) is 74.5 Å². The minimum Gasteiger partial charge on any atom is -0.425 e. The molecule has 2 atom stereocenters. The Balaban J connectivity index is 1.14. The molecule has 0 saturated heterocycles. The summed E-state index contributed by atoms with van der Waals surface area (Å²) in [4.78, 5) is 12.6. The van der Waals surface area contributed by atoms with Crippen LogP contribution in [-0.2, 0) is 16.0 Å². The number of aliphatic hydroxyl groups is 1. The van der Waals surface area contributed by atoms with Crippen LogP contribution in [0.15, 0.2) is 28.7 Å². The summed E-state index contributed by atoms with van der Waals surface area (Å²) < 4.78 is 46.7. The van der Waals surface area contributed by atoms with Crippen LogP contribution in [0.1, 0.15) is 61.3 Å². The first kappa shape index (κ1) is 22.6. The molecule has 7 nitrogen and oxygen atoms in total. The number of nitrogens with one attached hydrogen (secondary N) is 1. The standard InChI is InChI=1S/C22H23ClF3N3O4/c23-14-3-1-11(2-4-14)5-17(30)18(31)27-21-8-13(9-21)16(10-21)20-29-28-19(32-20)12-6-15(7-12)33-22(24,25)26/h1-4,12-13,15-17,30H,5-10H2,(H,27,31)/t12?,13?,15?,16?,17-,21?/m0/s1.